The zero-order chi connectivity index (χ0) is 22.8. The highest BCUT2D eigenvalue weighted by Gasteiger charge is 2.22. The Morgan fingerprint density at radius 3 is 2.44 bits per heavy atom. The number of anilines is 1. The molecule has 1 heterocycles. The summed E-state index contributed by atoms with van der Waals surface area (Å²) in [6.07, 6.45) is 6.71. The first kappa shape index (κ1) is 24.1. The number of hydrogen-bond acceptors (Lipinski definition) is 3. The minimum atomic E-state index is -0.144. The third-order valence-electron chi connectivity index (χ3n) is 5.56. The van der Waals surface area contributed by atoms with Crippen LogP contribution in [-0.4, -0.2) is 38.0 Å². The fourth-order valence-electron chi connectivity index (χ4n) is 3.69. The molecule has 6 heteroatoms. The first-order chi connectivity index (χ1) is 15.6. The lowest BCUT2D eigenvalue weighted by Gasteiger charge is -2.20. The first-order valence-electron chi connectivity index (χ1n) is 11.6. The molecule has 2 aromatic rings. The molecule has 1 aliphatic rings. The molecule has 5 nitrogen and oxygen atoms in total. The molecule has 0 bridgehead atoms. The molecule has 0 unspecified atom stereocenters. The third kappa shape index (κ3) is 6.97. The van der Waals surface area contributed by atoms with E-state index in [1.807, 2.05) is 48.5 Å². The van der Waals surface area contributed by atoms with Crippen molar-refractivity contribution in [1.82, 2.24) is 5.32 Å². The molecule has 0 saturated heterocycles. The van der Waals surface area contributed by atoms with Crippen LogP contribution in [0.2, 0.25) is 0 Å². The van der Waals surface area contributed by atoms with E-state index in [0.717, 1.165) is 30.1 Å². The Hall–Kier alpha value is -2.57. The molecule has 2 aromatic carbocycles. The minimum Gasteiger partial charge on any atom is -0.346 e. The van der Waals surface area contributed by atoms with Gasteiger partial charge in [-0.25, -0.2) is 0 Å². The van der Waals surface area contributed by atoms with E-state index < -0.39 is 0 Å². The molecule has 1 aliphatic heterocycles. The number of hydrogen-bond donors (Lipinski definition) is 3. The molecule has 0 radical (unpaired) electrons. The molecule has 0 saturated carbocycles. The average Bonchev–Trinajstić information content (AvgIpc) is 2.81. The van der Waals surface area contributed by atoms with E-state index in [1.54, 1.807) is 11.0 Å². The summed E-state index contributed by atoms with van der Waals surface area (Å²) in [5.41, 5.74) is 2.25. The van der Waals surface area contributed by atoms with Gasteiger partial charge in [0.05, 0.1) is 36.8 Å². The van der Waals surface area contributed by atoms with E-state index in [1.165, 1.54) is 37.4 Å². The summed E-state index contributed by atoms with van der Waals surface area (Å²) in [6.45, 7) is 8.35. The molecule has 32 heavy (non-hydrogen) atoms. The summed E-state index contributed by atoms with van der Waals surface area (Å²) in [5.74, 6) is -0.238. The summed E-state index contributed by atoms with van der Waals surface area (Å²) < 4.78 is 0. The number of quaternary nitrogens is 1. The van der Waals surface area contributed by atoms with Gasteiger partial charge in [0, 0.05) is 10.5 Å². The van der Waals surface area contributed by atoms with Crippen LogP contribution in [0, 0.1) is 0 Å². The van der Waals surface area contributed by atoms with Crippen molar-refractivity contribution >= 4 is 35.3 Å². The fourth-order valence-corrected chi connectivity index (χ4v) is 4.62. The molecule has 3 N–H and O–H groups in total. The van der Waals surface area contributed by atoms with Gasteiger partial charge in [0.15, 0.2) is 0 Å². The zero-order valence-electron chi connectivity index (χ0n) is 19.1. The molecule has 0 spiro atoms. The molecule has 2 amide bonds. The van der Waals surface area contributed by atoms with E-state index in [2.05, 4.69) is 24.5 Å². The number of nitrogens with one attached hydrogen (secondary N) is 3. The summed E-state index contributed by atoms with van der Waals surface area (Å²) in [4.78, 5) is 28.4. The maximum absolute atomic E-state index is 12.7. The second kappa shape index (κ2) is 12.5. The Labute approximate surface area is 195 Å². The van der Waals surface area contributed by atoms with Gasteiger partial charge in [-0.15, -0.1) is 0 Å². The van der Waals surface area contributed by atoms with Gasteiger partial charge in [-0.1, -0.05) is 68.8 Å². The topological polar surface area (TPSA) is 62.6 Å². The Morgan fingerprint density at radius 2 is 1.75 bits per heavy atom. The van der Waals surface area contributed by atoms with Crippen molar-refractivity contribution in [2.24, 2.45) is 0 Å². The van der Waals surface area contributed by atoms with Crippen LogP contribution in [0.5, 0.6) is 0 Å². The maximum Gasteiger partial charge on any atom is 0.262 e. The quantitative estimate of drug-likeness (QED) is 0.452. The number of unbranched alkanes of at least 4 members (excludes halogenated alkanes) is 2. The van der Waals surface area contributed by atoms with Crippen LogP contribution in [-0.2, 0) is 4.79 Å². The van der Waals surface area contributed by atoms with Crippen molar-refractivity contribution in [3.8, 4) is 0 Å². The Bertz CT molecular complexity index is 935. The Balaban J connectivity index is 1.59. The van der Waals surface area contributed by atoms with Crippen molar-refractivity contribution in [1.29, 1.82) is 0 Å². The van der Waals surface area contributed by atoms with Gasteiger partial charge < -0.3 is 15.5 Å². The van der Waals surface area contributed by atoms with E-state index in [-0.39, 0.29) is 11.8 Å². The average molecular weight is 453 g/mol. The van der Waals surface area contributed by atoms with Crippen molar-refractivity contribution in [2.75, 3.05) is 31.5 Å². The second-order valence-corrected chi connectivity index (χ2v) is 9.23. The van der Waals surface area contributed by atoms with Crippen molar-refractivity contribution in [2.45, 2.75) is 44.4 Å². The van der Waals surface area contributed by atoms with Gasteiger partial charge in [0.2, 0.25) is 0 Å². The zero-order valence-corrected chi connectivity index (χ0v) is 19.9. The van der Waals surface area contributed by atoms with Gasteiger partial charge in [-0.05, 0) is 42.7 Å². The summed E-state index contributed by atoms with van der Waals surface area (Å²) in [6, 6.07) is 15.3. The smallest absolute Gasteiger partial charge is 0.262 e. The van der Waals surface area contributed by atoms with Crippen molar-refractivity contribution < 1.29 is 14.5 Å². The van der Waals surface area contributed by atoms with Gasteiger partial charge in [-0.3, -0.25) is 9.59 Å². The lowest BCUT2D eigenvalue weighted by atomic mass is 10.1. The van der Waals surface area contributed by atoms with Gasteiger partial charge in [0.25, 0.3) is 11.8 Å². The molecular formula is C26H34N3O2S+. The van der Waals surface area contributed by atoms with Crippen LogP contribution in [0.25, 0.3) is 6.08 Å². The molecule has 0 aromatic heterocycles. The van der Waals surface area contributed by atoms with Crippen LogP contribution in [0.15, 0.2) is 58.3 Å². The summed E-state index contributed by atoms with van der Waals surface area (Å²) in [5, 5.41) is 5.99. The van der Waals surface area contributed by atoms with E-state index in [0.29, 0.717) is 22.7 Å². The highest BCUT2D eigenvalue weighted by Crippen LogP contribution is 2.39. The second-order valence-electron chi connectivity index (χ2n) is 8.15. The number of thioether (sulfide) groups is 1. The highest BCUT2D eigenvalue weighted by atomic mass is 32.2. The van der Waals surface area contributed by atoms with Gasteiger partial charge >= 0.3 is 0 Å². The SMILES string of the molecule is CCCC[NH+](CCCC)CCNC(=O)c1ccc2c(c1)NC(=O)C(=Cc1ccccc1)S2. The number of carbonyl (C=O) groups excluding carboxylic acids is 2. The first-order valence-corrected chi connectivity index (χ1v) is 12.4. The van der Waals surface area contributed by atoms with Crippen LogP contribution >= 0.6 is 11.8 Å². The Morgan fingerprint density at radius 1 is 1.03 bits per heavy atom. The monoisotopic (exact) mass is 452 g/mol. The van der Waals surface area contributed by atoms with Crippen molar-refractivity contribution in [3.63, 3.8) is 0 Å². The summed E-state index contributed by atoms with van der Waals surface area (Å²) in [7, 11) is 0. The number of fused-ring (bicyclic) bond motifs is 1. The number of rotatable bonds is 11. The van der Waals surface area contributed by atoms with Crippen LogP contribution in [0.4, 0.5) is 5.69 Å². The van der Waals surface area contributed by atoms with Gasteiger partial charge in [0.1, 0.15) is 0 Å². The van der Waals surface area contributed by atoms with Crippen LogP contribution < -0.4 is 15.5 Å². The fraction of sp³-hybridized carbons (Fsp3) is 0.385. The standard InChI is InChI=1S/C26H33N3O2S/c1-3-5-15-29(16-6-4-2)17-14-27-25(30)21-12-13-23-22(19-21)28-26(31)24(32-23)18-20-10-8-7-9-11-20/h7-13,18-19H,3-6,14-17H2,1-2H3,(H,27,30)(H,28,31)/p+1. The predicted octanol–water partition coefficient (Wildman–Crippen LogP) is 3.99. The predicted molar refractivity (Wildman–Crippen MR) is 133 cm³/mol. The van der Waals surface area contributed by atoms with E-state index in [9.17, 15) is 9.59 Å². The Kier molecular flexibility index (Phi) is 9.38. The molecule has 3 rings (SSSR count). The van der Waals surface area contributed by atoms with Crippen molar-refractivity contribution in [3.05, 3.63) is 64.6 Å². The molecule has 0 fully saturated rings. The van der Waals surface area contributed by atoms with Gasteiger partial charge in [-0.2, -0.15) is 0 Å². The minimum absolute atomic E-state index is 0.0944. The molecule has 170 valence electrons. The lowest BCUT2D eigenvalue weighted by molar-refractivity contribution is -0.899. The van der Waals surface area contributed by atoms with E-state index >= 15 is 0 Å². The lowest BCUT2D eigenvalue weighted by Crippen LogP contribution is -3.12. The molecule has 0 aliphatic carbocycles. The largest absolute Gasteiger partial charge is 0.346 e. The van der Waals surface area contributed by atoms with E-state index in [4.69, 9.17) is 0 Å². The van der Waals surface area contributed by atoms with Crippen LogP contribution in [0.1, 0.15) is 55.5 Å². The number of amides is 2. The number of benzene rings is 2. The van der Waals surface area contributed by atoms with Crippen LogP contribution in [0.3, 0.4) is 0 Å². The highest BCUT2D eigenvalue weighted by molar-refractivity contribution is 8.04. The number of carbonyl (C=O) groups is 2. The normalized spacial score (nSPS) is 14.3. The molecule has 0 atom stereocenters. The maximum atomic E-state index is 12.7. The summed E-state index contributed by atoms with van der Waals surface area (Å²) >= 11 is 1.43. The third-order valence-corrected chi connectivity index (χ3v) is 6.66. The molecular weight excluding hydrogens is 418 g/mol.